The monoisotopic (exact) mass is 426 g/mol. The van der Waals surface area contributed by atoms with E-state index >= 15 is 0 Å². The Morgan fingerprint density at radius 3 is 2.34 bits per heavy atom. The standard InChI is InChI=1S/C26H22N2O4/c1-17(29)24(25(30)27-32)28-16-22-15-19(12-13-23(22)26(28)31)11-10-18-6-5-9-21(14-18)20-7-3-2-4-8-20/h2-9,12-15,17,24,29,32H,16H2,1H3,(H,27,30)/t17-,24?/m1/s1. The maximum Gasteiger partial charge on any atom is 0.268 e. The fourth-order valence-corrected chi connectivity index (χ4v) is 3.88. The largest absolute Gasteiger partial charge is 0.391 e. The summed E-state index contributed by atoms with van der Waals surface area (Å²) in [6, 6.07) is 22.1. The van der Waals surface area contributed by atoms with E-state index in [1.165, 1.54) is 17.3 Å². The molecule has 1 unspecified atom stereocenters. The molecule has 160 valence electrons. The summed E-state index contributed by atoms with van der Waals surface area (Å²) in [7, 11) is 0. The van der Waals surface area contributed by atoms with Crippen LogP contribution < -0.4 is 5.48 Å². The lowest BCUT2D eigenvalue weighted by atomic mass is 10.0. The average Bonchev–Trinajstić information content (AvgIpc) is 3.13. The second kappa shape index (κ2) is 9.06. The van der Waals surface area contributed by atoms with Crippen molar-refractivity contribution in [2.24, 2.45) is 0 Å². The van der Waals surface area contributed by atoms with Gasteiger partial charge in [-0.25, -0.2) is 5.48 Å². The van der Waals surface area contributed by atoms with Crippen LogP contribution in [-0.2, 0) is 11.3 Å². The van der Waals surface area contributed by atoms with Crippen molar-refractivity contribution < 1.29 is 19.9 Å². The molecular formula is C26H22N2O4. The number of benzene rings is 3. The normalized spacial score (nSPS) is 14.2. The summed E-state index contributed by atoms with van der Waals surface area (Å²) in [4.78, 5) is 26.0. The molecule has 0 spiro atoms. The van der Waals surface area contributed by atoms with Crippen molar-refractivity contribution in [2.45, 2.75) is 25.6 Å². The SMILES string of the molecule is C[C@@H](O)C(C(=O)NO)N1Cc2cc(C#Cc3cccc(-c4ccccc4)c3)ccc2C1=O. The molecule has 3 N–H and O–H groups in total. The maximum atomic E-state index is 12.7. The van der Waals surface area contributed by atoms with Crippen molar-refractivity contribution in [1.29, 1.82) is 0 Å². The van der Waals surface area contributed by atoms with E-state index in [9.17, 15) is 14.7 Å². The first kappa shape index (κ1) is 21.3. The molecule has 2 amide bonds. The van der Waals surface area contributed by atoms with Crippen LogP contribution in [0.2, 0.25) is 0 Å². The molecule has 2 atom stereocenters. The molecule has 1 heterocycles. The number of carbonyl (C=O) groups excluding carboxylic acids is 2. The first-order valence-corrected chi connectivity index (χ1v) is 10.2. The third kappa shape index (κ3) is 4.26. The summed E-state index contributed by atoms with van der Waals surface area (Å²) in [5, 5.41) is 18.9. The van der Waals surface area contributed by atoms with Gasteiger partial charge in [-0.2, -0.15) is 0 Å². The molecule has 32 heavy (non-hydrogen) atoms. The van der Waals surface area contributed by atoms with E-state index < -0.39 is 18.1 Å². The lowest BCUT2D eigenvalue weighted by Gasteiger charge is -2.27. The predicted molar refractivity (Wildman–Crippen MR) is 120 cm³/mol. The van der Waals surface area contributed by atoms with E-state index in [0.717, 1.165) is 27.8 Å². The zero-order chi connectivity index (χ0) is 22.7. The summed E-state index contributed by atoms with van der Waals surface area (Å²) in [6.07, 6.45) is -1.14. The molecule has 1 aliphatic rings. The average molecular weight is 426 g/mol. The molecule has 0 bridgehead atoms. The second-order valence-electron chi connectivity index (χ2n) is 7.66. The van der Waals surface area contributed by atoms with Gasteiger partial charge in [0.2, 0.25) is 0 Å². The summed E-state index contributed by atoms with van der Waals surface area (Å²) >= 11 is 0. The maximum absolute atomic E-state index is 12.7. The van der Waals surface area contributed by atoms with Gasteiger partial charge in [0.25, 0.3) is 11.8 Å². The van der Waals surface area contributed by atoms with Crippen molar-refractivity contribution in [3.8, 4) is 23.0 Å². The Kier molecular flexibility index (Phi) is 6.04. The molecule has 0 radical (unpaired) electrons. The topological polar surface area (TPSA) is 89.9 Å². The number of nitrogens with zero attached hydrogens (tertiary/aromatic N) is 1. The molecule has 0 saturated heterocycles. The van der Waals surface area contributed by atoms with Gasteiger partial charge in [0.15, 0.2) is 0 Å². The van der Waals surface area contributed by atoms with Crippen LogP contribution in [0.3, 0.4) is 0 Å². The van der Waals surface area contributed by atoms with Gasteiger partial charge >= 0.3 is 0 Å². The summed E-state index contributed by atoms with van der Waals surface area (Å²) < 4.78 is 0. The van der Waals surface area contributed by atoms with Crippen molar-refractivity contribution >= 4 is 11.8 Å². The molecular weight excluding hydrogens is 404 g/mol. The second-order valence-corrected chi connectivity index (χ2v) is 7.66. The number of hydroxylamine groups is 1. The highest BCUT2D eigenvalue weighted by Gasteiger charge is 2.38. The van der Waals surface area contributed by atoms with Gasteiger partial charge in [0, 0.05) is 23.2 Å². The number of fused-ring (bicyclic) bond motifs is 1. The summed E-state index contributed by atoms with van der Waals surface area (Å²) in [6.45, 7) is 1.55. The summed E-state index contributed by atoms with van der Waals surface area (Å²) in [5.41, 5.74) is 6.51. The van der Waals surface area contributed by atoms with E-state index in [4.69, 9.17) is 5.21 Å². The molecule has 0 saturated carbocycles. The quantitative estimate of drug-likeness (QED) is 0.340. The van der Waals surface area contributed by atoms with Crippen molar-refractivity contribution in [3.05, 3.63) is 95.1 Å². The molecule has 0 fully saturated rings. The number of aliphatic hydroxyl groups excluding tert-OH is 1. The van der Waals surface area contributed by atoms with Crippen LogP contribution in [0.1, 0.15) is 34.0 Å². The van der Waals surface area contributed by atoms with Crippen LogP contribution in [0, 0.1) is 11.8 Å². The van der Waals surface area contributed by atoms with Crippen LogP contribution in [-0.4, -0.2) is 39.2 Å². The van der Waals surface area contributed by atoms with Crippen molar-refractivity contribution in [1.82, 2.24) is 10.4 Å². The molecule has 4 rings (SSSR count). The molecule has 3 aromatic carbocycles. The number of nitrogens with one attached hydrogen (secondary N) is 1. The van der Waals surface area contributed by atoms with Crippen LogP contribution in [0.25, 0.3) is 11.1 Å². The van der Waals surface area contributed by atoms with Gasteiger partial charge in [0.05, 0.1) is 6.10 Å². The number of aliphatic hydroxyl groups is 1. The number of rotatable bonds is 4. The van der Waals surface area contributed by atoms with E-state index in [-0.39, 0.29) is 12.5 Å². The zero-order valence-electron chi connectivity index (χ0n) is 17.4. The Hall–Kier alpha value is -3.92. The van der Waals surface area contributed by atoms with Gasteiger partial charge in [-0.15, -0.1) is 0 Å². The highest BCUT2D eigenvalue weighted by atomic mass is 16.5. The number of carbonyl (C=O) groups is 2. The van der Waals surface area contributed by atoms with Crippen LogP contribution in [0.4, 0.5) is 0 Å². The molecule has 0 aliphatic carbocycles. The first-order chi connectivity index (χ1) is 15.5. The number of hydrogen-bond donors (Lipinski definition) is 3. The molecule has 0 aromatic heterocycles. The van der Waals surface area contributed by atoms with Gasteiger partial charge in [0.1, 0.15) is 6.04 Å². The zero-order valence-corrected chi connectivity index (χ0v) is 17.4. The smallest absolute Gasteiger partial charge is 0.268 e. The van der Waals surface area contributed by atoms with E-state index in [0.29, 0.717) is 5.56 Å². The van der Waals surface area contributed by atoms with E-state index in [2.05, 4.69) is 11.8 Å². The lowest BCUT2D eigenvalue weighted by molar-refractivity contribution is -0.137. The van der Waals surface area contributed by atoms with Crippen molar-refractivity contribution in [3.63, 3.8) is 0 Å². The molecule has 6 heteroatoms. The number of hydrogen-bond acceptors (Lipinski definition) is 4. The van der Waals surface area contributed by atoms with Gasteiger partial charge in [-0.05, 0) is 53.9 Å². The third-order valence-corrected chi connectivity index (χ3v) is 5.43. The van der Waals surface area contributed by atoms with Crippen LogP contribution >= 0.6 is 0 Å². The Labute approximate surface area is 186 Å². The van der Waals surface area contributed by atoms with Crippen LogP contribution in [0.5, 0.6) is 0 Å². The van der Waals surface area contributed by atoms with Gasteiger partial charge in [-0.1, -0.05) is 54.3 Å². The fraction of sp³-hybridized carbons (Fsp3) is 0.154. The Balaban J connectivity index is 1.58. The Bertz CT molecular complexity index is 1230. The highest BCUT2D eigenvalue weighted by Crippen LogP contribution is 2.27. The minimum absolute atomic E-state index is 0.149. The Morgan fingerprint density at radius 1 is 0.969 bits per heavy atom. The fourth-order valence-electron chi connectivity index (χ4n) is 3.88. The third-order valence-electron chi connectivity index (χ3n) is 5.43. The minimum Gasteiger partial charge on any atom is -0.391 e. The number of amides is 2. The van der Waals surface area contributed by atoms with Gasteiger partial charge in [-0.3, -0.25) is 14.8 Å². The molecule has 3 aromatic rings. The van der Waals surface area contributed by atoms with E-state index in [1.54, 1.807) is 12.1 Å². The highest BCUT2D eigenvalue weighted by molar-refractivity contribution is 6.01. The Morgan fingerprint density at radius 2 is 1.66 bits per heavy atom. The van der Waals surface area contributed by atoms with Crippen molar-refractivity contribution in [2.75, 3.05) is 0 Å². The van der Waals surface area contributed by atoms with E-state index in [1.807, 2.05) is 60.7 Å². The lowest BCUT2D eigenvalue weighted by Crippen LogP contribution is -2.52. The molecule has 1 aliphatic heterocycles. The predicted octanol–water partition coefficient (Wildman–Crippen LogP) is 2.96. The molecule has 6 nitrogen and oxygen atoms in total. The van der Waals surface area contributed by atoms with Crippen LogP contribution in [0.15, 0.2) is 72.8 Å². The minimum atomic E-state index is -1.19. The first-order valence-electron chi connectivity index (χ1n) is 10.2. The summed E-state index contributed by atoms with van der Waals surface area (Å²) in [5.74, 6) is 5.10. The van der Waals surface area contributed by atoms with Gasteiger partial charge < -0.3 is 10.0 Å².